The molecule has 2 nitrogen and oxygen atoms in total. The highest BCUT2D eigenvalue weighted by Crippen LogP contribution is 2.19. The first-order valence-electron chi connectivity index (χ1n) is 6.67. The van der Waals surface area contributed by atoms with Crippen LogP contribution in [-0.2, 0) is 6.42 Å². The molecule has 1 aromatic rings. The third kappa shape index (κ3) is 3.28. The predicted molar refractivity (Wildman–Crippen MR) is 81.3 cm³/mol. The molecule has 1 heterocycles. The summed E-state index contributed by atoms with van der Waals surface area (Å²) >= 11 is 2.03. The van der Waals surface area contributed by atoms with E-state index in [0.29, 0.717) is 6.04 Å². The van der Waals surface area contributed by atoms with Crippen molar-refractivity contribution in [1.29, 1.82) is 0 Å². The first-order chi connectivity index (χ1) is 8.58. The van der Waals surface area contributed by atoms with Gasteiger partial charge in [-0.1, -0.05) is 18.2 Å². The van der Waals surface area contributed by atoms with Crippen LogP contribution in [0.3, 0.4) is 0 Å². The number of nitrogens with zero attached hydrogens (tertiary/aromatic N) is 1. The molecule has 2 atom stereocenters. The van der Waals surface area contributed by atoms with Gasteiger partial charge >= 0.3 is 0 Å². The van der Waals surface area contributed by atoms with Gasteiger partial charge in [0.15, 0.2) is 0 Å². The average Bonchev–Trinajstić information content (AvgIpc) is 2.34. The zero-order valence-corrected chi connectivity index (χ0v) is 12.5. The summed E-state index contributed by atoms with van der Waals surface area (Å²) in [5, 5.41) is 0. The summed E-state index contributed by atoms with van der Waals surface area (Å²) < 4.78 is 0. The van der Waals surface area contributed by atoms with Crippen molar-refractivity contribution < 1.29 is 0 Å². The predicted octanol–water partition coefficient (Wildman–Crippen LogP) is 2.22. The molecular weight excluding hydrogens is 240 g/mol. The van der Waals surface area contributed by atoms with Crippen LogP contribution < -0.4 is 5.73 Å². The third-order valence-electron chi connectivity index (χ3n) is 3.98. The van der Waals surface area contributed by atoms with Crippen molar-refractivity contribution in [2.45, 2.75) is 32.4 Å². The van der Waals surface area contributed by atoms with Crippen molar-refractivity contribution in [2.24, 2.45) is 5.73 Å². The molecule has 0 aromatic heterocycles. The van der Waals surface area contributed by atoms with Crippen molar-refractivity contribution in [3.8, 4) is 0 Å². The summed E-state index contributed by atoms with van der Waals surface area (Å²) in [6, 6.07) is 7.47. The molecule has 0 amide bonds. The van der Waals surface area contributed by atoms with Gasteiger partial charge in [-0.25, -0.2) is 0 Å². The molecule has 1 aromatic carbocycles. The van der Waals surface area contributed by atoms with E-state index in [9.17, 15) is 0 Å². The van der Waals surface area contributed by atoms with Crippen LogP contribution in [-0.4, -0.2) is 42.1 Å². The molecule has 0 bridgehead atoms. The maximum atomic E-state index is 6.40. The number of rotatable bonds is 3. The highest BCUT2D eigenvalue weighted by atomic mass is 32.2. The van der Waals surface area contributed by atoms with Crippen LogP contribution in [0.25, 0.3) is 0 Å². The Morgan fingerprint density at radius 2 is 2.17 bits per heavy atom. The van der Waals surface area contributed by atoms with Crippen LogP contribution in [0.4, 0.5) is 0 Å². The lowest BCUT2D eigenvalue weighted by atomic mass is 9.97. The molecule has 2 unspecified atom stereocenters. The number of nitrogens with two attached hydrogens (primary N) is 1. The van der Waals surface area contributed by atoms with Gasteiger partial charge in [-0.15, -0.1) is 0 Å². The van der Waals surface area contributed by atoms with Crippen LogP contribution >= 0.6 is 11.8 Å². The van der Waals surface area contributed by atoms with Gasteiger partial charge < -0.3 is 10.6 Å². The lowest BCUT2D eigenvalue weighted by molar-refractivity contribution is 0.235. The Bertz CT molecular complexity index is 405. The van der Waals surface area contributed by atoms with E-state index in [-0.39, 0.29) is 6.04 Å². The lowest BCUT2D eigenvalue weighted by Crippen LogP contribution is -2.51. The Morgan fingerprint density at radius 1 is 1.39 bits per heavy atom. The lowest BCUT2D eigenvalue weighted by Gasteiger charge is -2.36. The molecule has 100 valence electrons. The molecule has 1 aliphatic rings. The fourth-order valence-corrected chi connectivity index (χ4v) is 3.82. The number of thioether (sulfide) groups is 1. The summed E-state index contributed by atoms with van der Waals surface area (Å²) in [7, 11) is 2.20. The first-order valence-corrected chi connectivity index (χ1v) is 7.83. The highest BCUT2D eigenvalue weighted by Gasteiger charge is 2.25. The van der Waals surface area contributed by atoms with Gasteiger partial charge in [0.2, 0.25) is 0 Å². The van der Waals surface area contributed by atoms with E-state index in [1.807, 2.05) is 11.8 Å². The number of hydrogen-bond donors (Lipinski definition) is 1. The second-order valence-electron chi connectivity index (χ2n) is 5.41. The van der Waals surface area contributed by atoms with E-state index < -0.39 is 0 Å². The van der Waals surface area contributed by atoms with Crippen LogP contribution in [0.5, 0.6) is 0 Å². The molecule has 1 saturated heterocycles. The number of benzene rings is 1. The molecule has 0 spiro atoms. The fraction of sp³-hybridized carbons (Fsp3) is 0.600. The van der Waals surface area contributed by atoms with Gasteiger partial charge in [0.1, 0.15) is 0 Å². The van der Waals surface area contributed by atoms with Crippen molar-refractivity contribution in [1.82, 2.24) is 4.90 Å². The van der Waals surface area contributed by atoms with Gasteiger partial charge in [-0.3, -0.25) is 0 Å². The standard InChI is InChI=1S/C15H24N2S/c1-11-4-5-13(8-12(11)2)9-14(16)15-10-18-7-6-17(15)3/h4-5,8,14-15H,6-7,9-10,16H2,1-3H3. The van der Waals surface area contributed by atoms with Crippen LogP contribution in [0, 0.1) is 13.8 Å². The SMILES string of the molecule is Cc1ccc(CC(N)C2CSCCN2C)cc1C. The molecule has 1 fully saturated rings. The van der Waals surface area contributed by atoms with Crippen molar-refractivity contribution in [3.05, 3.63) is 34.9 Å². The molecule has 2 rings (SSSR count). The second-order valence-corrected chi connectivity index (χ2v) is 6.56. The smallest absolute Gasteiger partial charge is 0.0338 e. The average molecular weight is 264 g/mol. The van der Waals surface area contributed by atoms with E-state index >= 15 is 0 Å². The van der Waals surface area contributed by atoms with Crippen molar-refractivity contribution in [3.63, 3.8) is 0 Å². The summed E-state index contributed by atoms with van der Waals surface area (Å²) in [6.07, 6.45) is 0.983. The van der Waals surface area contributed by atoms with E-state index in [0.717, 1.165) is 13.0 Å². The fourth-order valence-electron chi connectivity index (χ4n) is 2.49. The van der Waals surface area contributed by atoms with E-state index in [1.165, 1.54) is 28.2 Å². The minimum Gasteiger partial charge on any atom is -0.326 e. The minimum atomic E-state index is 0.241. The molecule has 1 aliphatic heterocycles. The second kappa shape index (κ2) is 6.09. The third-order valence-corrected chi connectivity index (χ3v) is 5.03. The zero-order chi connectivity index (χ0) is 13.1. The van der Waals surface area contributed by atoms with Crippen LogP contribution in [0.2, 0.25) is 0 Å². The Hall–Kier alpha value is -0.510. The van der Waals surface area contributed by atoms with Crippen molar-refractivity contribution in [2.75, 3.05) is 25.1 Å². The summed E-state index contributed by atoms with van der Waals surface area (Å²) in [4.78, 5) is 2.42. The molecule has 3 heteroatoms. The molecule has 0 radical (unpaired) electrons. The maximum Gasteiger partial charge on any atom is 0.0338 e. The van der Waals surface area contributed by atoms with Gasteiger partial charge in [0.05, 0.1) is 0 Å². The normalized spacial score (nSPS) is 23.0. The highest BCUT2D eigenvalue weighted by molar-refractivity contribution is 7.99. The number of likely N-dealkylation sites (N-methyl/N-ethyl adjacent to an activating group) is 1. The molecular formula is C15H24N2S. The molecule has 0 saturated carbocycles. The maximum absolute atomic E-state index is 6.40. The molecule has 0 aliphatic carbocycles. The Kier molecular flexibility index (Phi) is 4.71. The van der Waals surface area contributed by atoms with Crippen molar-refractivity contribution >= 4 is 11.8 Å². The monoisotopic (exact) mass is 264 g/mol. The van der Waals surface area contributed by atoms with Gasteiger partial charge in [0, 0.05) is 30.1 Å². The Balaban J connectivity index is 2.01. The number of aryl methyl sites for hydroxylation is 2. The van der Waals surface area contributed by atoms with Crippen LogP contribution in [0.15, 0.2) is 18.2 Å². The Morgan fingerprint density at radius 3 is 2.83 bits per heavy atom. The molecule has 2 N–H and O–H groups in total. The largest absolute Gasteiger partial charge is 0.326 e. The van der Waals surface area contributed by atoms with Crippen LogP contribution in [0.1, 0.15) is 16.7 Å². The van der Waals surface area contributed by atoms with Gasteiger partial charge in [-0.05, 0) is 44.0 Å². The summed E-state index contributed by atoms with van der Waals surface area (Å²) in [6.45, 7) is 5.49. The van der Waals surface area contributed by atoms with Gasteiger partial charge in [-0.2, -0.15) is 11.8 Å². The van der Waals surface area contributed by atoms with E-state index in [2.05, 4.69) is 44.0 Å². The number of hydrogen-bond acceptors (Lipinski definition) is 3. The van der Waals surface area contributed by atoms with E-state index in [4.69, 9.17) is 5.73 Å². The van der Waals surface area contributed by atoms with Gasteiger partial charge in [0.25, 0.3) is 0 Å². The van der Waals surface area contributed by atoms with E-state index in [1.54, 1.807) is 0 Å². The summed E-state index contributed by atoms with van der Waals surface area (Å²) in [5.74, 6) is 2.41. The quantitative estimate of drug-likeness (QED) is 0.908. The minimum absolute atomic E-state index is 0.241. The topological polar surface area (TPSA) is 29.3 Å². The first kappa shape index (κ1) is 13.9. The Labute approximate surface area is 115 Å². The summed E-state index contributed by atoms with van der Waals surface area (Å²) in [5.41, 5.74) is 10.5. The molecule has 18 heavy (non-hydrogen) atoms. The zero-order valence-electron chi connectivity index (χ0n) is 11.6.